The zero-order valence-electron chi connectivity index (χ0n) is 20.2. The molecular formula is C28H28N6OS. The first-order valence-electron chi connectivity index (χ1n) is 12.3. The number of fused-ring (bicyclic) bond motifs is 3. The minimum Gasteiger partial charge on any atom is -0.369 e. The van der Waals surface area contributed by atoms with Crippen molar-refractivity contribution in [1.29, 1.82) is 0 Å². The summed E-state index contributed by atoms with van der Waals surface area (Å²) in [5.74, 6) is 0.575. The number of hydrogen-bond donors (Lipinski definition) is 0. The van der Waals surface area contributed by atoms with Crippen LogP contribution in [0.4, 0.5) is 5.69 Å². The number of aryl methyl sites for hydroxylation is 1. The highest BCUT2D eigenvalue weighted by molar-refractivity contribution is 7.71. The lowest BCUT2D eigenvalue weighted by Crippen LogP contribution is -2.47. The fourth-order valence-corrected chi connectivity index (χ4v) is 5.31. The van der Waals surface area contributed by atoms with Crippen molar-refractivity contribution in [2.24, 2.45) is 0 Å². The Hall–Kier alpha value is -3.75. The van der Waals surface area contributed by atoms with Gasteiger partial charge in [0.2, 0.25) is 10.5 Å². The fraction of sp³-hybridized carbons (Fsp3) is 0.250. The number of nitrogens with zero attached hydrogens (tertiary/aromatic N) is 6. The first-order chi connectivity index (χ1) is 17.6. The van der Waals surface area contributed by atoms with Crippen LogP contribution in [0.15, 0.2) is 83.7 Å². The number of para-hydroxylation sites is 1. The Balaban J connectivity index is 1.34. The number of rotatable bonds is 5. The van der Waals surface area contributed by atoms with Crippen molar-refractivity contribution in [1.82, 2.24) is 23.6 Å². The molecule has 3 heterocycles. The van der Waals surface area contributed by atoms with Crippen LogP contribution < -0.4 is 10.5 Å². The summed E-state index contributed by atoms with van der Waals surface area (Å²) in [7, 11) is 0. The van der Waals surface area contributed by atoms with Gasteiger partial charge in [-0.15, -0.1) is 5.10 Å². The normalized spacial score (nSPS) is 14.6. The van der Waals surface area contributed by atoms with Gasteiger partial charge in [0.25, 0.3) is 5.56 Å². The van der Waals surface area contributed by atoms with Crippen LogP contribution in [-0.2, 0) is 13.2 Å². The van der Waals surface area contributed by atoms with Gasteiger partial charge in [-0.05, 0) is 54.5 Å². The summed E-state index contributed by atoms with van der Waals surface area (Å²) < 4.78 is 6.14. The van der Waals surface area contributed by atoms with E-state index in [0.717, 1.165) is 37.3 Å². The van der Waals surface area contributed by atoms with E-state index >= 15 is 0 Å². The molecule has 0 saturated carbocycles. The number of aromatic nitrogens is 4. The van der Waals surface area contributed by atoms with E-state index in [1.165, 1.54) is 11.3 Å². The van der Waals surface area contributed by atoms with Crippen molar-refractivity contribution in [2.75, 3.05) is 31.1 Å². The molecule has 1 fully saturated rings. The van der Waals surface area contributed by atoms with E-state index < -0.39 is 0 Å². The van der Waals surface area contributed by atoms with Crippen LogP contribution in [0.3, 0.4) is 0 Å². The second kappa shape index (κ2) is 9.37. The minimum absolute atomic E-state index is 0.0547. The predicted molar refractivity (Wildman–Crippen MR) is 146 cm³/mol. The Morgan fingerprint density at radius 1 is 0.889 bits per heavy atom. The standard InChI is InChI=1S/C28H28N6OS/c1-21-8-7-11-23(18-21)31-16-14-30(15-17-31)20-33-28(36)34-25-13-6-5-12-24(25)26(35)32(27(34)29-33)19-22-9-3-2-4-10-22/h2-13,18H,14-17,19-20H2,1H3. The molecule has 8 heteroatoms. The molecule has 0 unspecified atom stereocenters. The third-order valence-corrected chi connectivity index (χ3v) is 7.33. The molecule has 0 atom stereocenters. The minimum atomic E-state index is -0.0547. The van der Waals surface area contributed by atoms with Gasteiger partial charge in [0.1, 0.15) is 0 Å². The molecule has 0 amide bonds. The van der Waals surface area contributed by atoms with Gasteiger partial charge in [-0.2, -0.15) is 0 Å². The zero-order chi connectivity index (χ0) is 24.6. The van der Waals surface area contributed by atoms with Crippen molar-refractivity contribution >= 4 is 34.6 Å². The molecule has 1 aliphatic heterocycles. The molecule has 3 aromatic carbocycles. The number of anilines is 1. The summed E-state index contributed by atoms with van der Waals surface area (Å²) in [6.45, 7) is 6.90. The molecule has 2 aromatic heterocycles. The Kier molecular flexibility index (Phi) is 5.91. The molecule has 5 aromatic rings. The quantitative estimate of drug-likeness (QED) is 0.339. The van der Waals surface area contributed by atoms with Crippen LogP contribution in [0.1, 0.15) is 11.1 Å². The summed E-state index contributed by atoms with van der Waals surface area (Å²) >= 11 is 5.92. The Bertz CT molecular complexity index is 1660. The number of piperazine rings is 1. The van der Waals surface area contributed by atoms with E-state index in [-0.39, 0.29) is 5.56 Å². The Morgan fingerprint density at radius 3 is 2.42 bits per heavy atom. The molecule has 182 valence electrons. The maximum atomic E-state index is 13.5. The van der Waals surface area contributed by atoms with E-state index in [1.807, 2.05) is 63.7 Å². The van der Waals surface area contributed by atoms with E-state index in [0.29, 0.717) is 29.1 Å². The number of hydrogen-bond acceptors (Lipinski definition) is 5. The topological polar surface area (TPSA) is 50.7 Å². The molecule has 0 N–H and O–H groups in total. The predicted octanol–water partition coefficient (Wildman–Crippen LogP) is 4.32. The van der Waals surface area contributed by atoms with Gasteiger partial charge >= 0.3 is 0 Å². The molecule has 36 heavy (non-hydrogen) atoms. The summed E-state index contributed by atoms with van der Waals surface area (Å²) in [6, 6.07) is 26.3. The molecule has 0 spiro atoms. The molecule has 1 aliphatic rings. The lowest BCUT2D eigenvalue weighted by Gasteiger charge is -2.36. The highest BCUT2D eigenvalue weighted by Crippen LogP contribution is 2.19. The van der Waals surface area contributed by atoms with Crippen molar-refractivity contribution in [3.63, 3.8) is 0 Å². The first kappa shape index (κ1) is 22.7. The van der Waals surface area contributed by atoms with E-state index in [9.17, 15) is 4.79 Å². The molecule has 6 rings (SSSR count). The summed E-state index contributed by atoms with van der Waals surface area (Å²) in [6.07, 6.45) is 0. The van der Waals surface area contributed by atoms with Gasteiger partial charge in [0.15, 0.2) is 0 Å². The smallest absolute Gasteiger partial charge is 0.263 e. The lowest BCUT2D eigenvalue weighted by atomic mass is 10.2. The van der Waals surface area contributed by atoms with Crippen LogP contribution >= 0.6 is 12.2 Å². The second-order valence-corrected chi connectivity index (χ2v) is 9.76. The lowest BCUT2D eigenvalue weighted by molar-refractivity contribution is 0.194. The van der Waals surface area contributed by atoms with Gasteiger partial charge in [0, 0.05) is 31.9 Å². The Morgan fingerprint density at radius 2 is 1.64 bits per heavy atom. The summed E-state index contributed by atoms with van der Waals surface area (Å²) in [4.78, 5) is 18.3. The summed E-state index contributed by atoms with van der Waals surface area (Å²) in [5.41, 5.74) is 4.34. The molecular weight excluding hydrogens is 468 g/mol. The van der Waals surface area contributed by atoms with E-state index in [1.54, 1.807) is 4.57 Å². The van der Waals surface area contributed by atoms with Gasteiger partial charge in [-0.3, -0.25) is 18.7 Å². The van der Waals surface area contributed by atoms with Crippen molar-refractivity contribution in [3.05, 3.63) is 105 Å². The van der Waals surface area contributed by atoms with Crippen molar-refractivity contribution in [2.45, 2.75) is 20.1 Å². The van der Waals surface area contributed by atoms with Crippen molar-refractivity contribution in [3.8, 4) is 0 Å². The van der Waals surface area contributed by atoms with Gasteiger partial charge < -0.3 is 4.90 Å². The highest BCUT2D eigenvalue weighted by atomic mass is 32.1. The van der Waals surface area contributed by atoms with Crippen LogP contribution in [0.25, 0.3) is 16.7 Å². The average molecular weight is 497 g/mol. The maximum absolute atomic E-state index is 13.5. The van der Waals surface area contributed by atoms with Crippen LogP contribution in [-0.4, -0.2) is 49.8 Å². The van der Waals surface area contributed by atoms with E-state index in [4.69, 9.17) is 17.3 Å². The van der Waals surface area contributed by atoms with Crippen LogP contribution in [0.5, 0.6) is 0 Å². The average Bonchev–Trinajstić information content (AvgIpc) is 3.23. The third-order valence-electron chi connectivity index (χ3n) is 6.94. The second-order valence-electron chi connectivity index (χ2n) is 9.40. The fourth-order valence-electron chi connectivity index (χ4n) is 5.03. The molecule has 1 saturated heterocycles. The van der Waals surface area contributed by atoms with Crippen LogP contribution in [0.2, 0.25) is 0 Å². The zero-order valence-corrected chi connectivity index (χ0v) is 21.1. The van der Waals surface area contributed by atoms with Crippen molar-refractivity contribution < 1.29 is 0 Å². The molecule has 0 aliphatic carbocycles. The van der Waals surface area contributed by atoms with Crippen LogP contribution in [0, 0.1) is 11.7 Å². The largest absolute Gasteiger partial charge is 0.369 e. The van der Waals surface area contributed by atoms with Gasteiger partial charge in [0.05, 0.1) is 24.1 Å². The molecule has 7 nitrogen and oxygen atoms in total. The molecule has 0 radical (unpaired) electrons. The monoisotopic (exact) mass is 496 g/mol. The third kappa shape index (κ3) is 4.12. The highest BCUT2D eigenvalue weighted by Gasteiger charge is 2.20. The van der Waals surface area contributed by atoms with Gasteiger partial charge in [-0.1, -0.05) is 54.6 Å². The van der Waals surface area contributed by atoms with Gasteiger partial charge in [-0.25, -0.2) is 4.68 Å². The molecule has 0 bridgehead atoms. The maximum Gasteiger partial charge on any atom is 0.263 e. The SMILES string of the molecule is Cc1cccc(N2CCN(Cn3nc4n(Cc5ccccc5)c(=O)c5ccccc5n4c3=S)CC2)c1. The van der Waals surface area contributed by atoms with E-state index in [2.05, 4.69) is 41.0 Å². The Labute approximate surface area is 214 Å². The first-order valence-corrected chi connectivity index (χ1v) is 12.7. The number of benzene rings is 3. The summed E-state index contributed by atoms with van der Waals surface area (Å²) in [5, 5.41) is 5.53.